The Kier molecular flexibility index (Phi) is 8.90. The van der Waals surface area contributed by atoms with E-state index in [1.165, 1.54) is 0 Å². The van der Waals surface area contributed by atoms with Gasteiger partial charge in [0.05, 0.1) is 0 Å². The van der Waals surface area contributed by atoms with Crippen molar-refractivity contribution in [1.82, 2.24) is 10.2 Å². The topological polar surface area (TPSA) is 58.6 Å². The van der Waals surface area contributed by atoms with Gasteiger partial charge in [0.2, 0.25) is 5.91 Å². The monoisotopic (exact) mass is 474 g/mol. The number of nitrogens with one attached hydrogen (secondary N) is 1. The van der Waals surface area contributed by atoms with Gasteiger partial charge in [0.25, 0.3) is 5.91 Å². The van der Waals surface area contributed by atoms with E-state index >= 15 is 0 Å². The lowest BCUT2D eigenvalue weighted by molar-refractivity contribution is -0.142. The summed E-state index contributed by atoms with van der Waals surface area (Å²) in [5.74, 6) is 0.593. The Morgan fingerprint density at radius 2 is 1.63 bits per heavy atom. The van der Waals surface area contributed by atoms with E-state index in [2.05, 4.69) is 27.3 Å². The van der Waals surface area contributed by atoms with E-state index in [0.29, 0.717) is 24.8 Å². The SMILES string of the molecule is Cc1cc(C)cc(OCC(=O)N(Cc2ccc(Br)cc2)[C@@H](C)C(=O)NCC(C)C)c1. The third kappa shape index (κ3) is 7.48. The number of benzene rings is 2. The van der Waals surface area contributed by atoms with Gasteiger partial charge in [-0.05, 0) is 67.6 Å². The molecule has 30 heavy (non-hydrogen) atoms. The quantitative estimate of drug-likeness (QED) is 0.575. The molecule has 0 saturated heterocycles. The molecule has 0 aliphatic heterocycles. The summed E-state index contributed by atoms with van der Waals surface area (Å²) in [7, 11) is 0. The highest BCUT2D eigenvalue weighted by Crippen LogP contribution is 2.18. The number of nitrogens with zero attached hydrogens (tertiary/aromatic N) is 1. The summed E-state index contributed by atoms with van der Waals surface area (Å²) in [6.07, 6.45) is 0. The van der Waals surface area contributed by atoms with Gasteiger partial charge in [0.15, 0.2) is 6.61 Å². The maximum atomic E-state index is 13.1. The van der Waals surface area contributed by atoms with E-state index in [9.17, 15) is 9.59 Å². The largest absolute Gasteiger partial charge is 0.484 e. The van der Waals surface area contributed by atoms with Crippen LogP contribution in [0.15, 0.2) is 46.9 Å². The first kappa shape index (κ1) is 23.9. The molecule has 2 amide bonds. The van der Waals surface area contributed by atoms with E-state index in [1.54, 1.807) is 11.8 Å². The van der Waals surface area contributed by atoms with Gasteiger partial charge in [-0.25, -0.2) is 0 Å². The number of rotatable bonds is 9. The molecule has 1 atom stereocenters. The highest BCUT2D eigenvalue weighted by Gasteiger charge is 2.26. The maximum Gasteiger partial charge on any atom is 0.261 e. The molecule has 0 heterocycles. The van der Waals surface area contributed by atoms with Crippen LogP contribution in [0.25, 0.3) is 0 Å². The minimum Gasteiger partial charge on any atom is -0.484 e. The molecule has 2 aromatic rings. The van der Waals surface area contributed by atoms with Gasteiger partial charge in [-0.2, -0.15) is 0 Å². The summed E-state index contributed by atoms with van der Waals surface area (Å²) in [6.45, 7) is 10.6. The molecule has 0 spiro atoms. The fourth-order valence-corrected chi connectivity index (χ4v) is 3.33. The van der Waals surface area contributed by atoms with Gasteiger partial charge in [-0.1, -0.05) is 48.0 Å². The fourth-order valence-electron chi connectivity index (χ4n) is 3.07. The number of halogens is 1. The van der Waals surface area contributed by atoms with Crippen molar-refractivity contribution in [2.75, 3.05) is 13.2 Å². The van der Waals surface area contributed by atoms with Crippen molar-refractivity contribution in [2.45, 2.75) is 47.2 Å². The van der Waals surface area contributed by atoms with Crippen LogP contribution in [0, 0.1) is 19.8 Å². The second kappa shape index (κ2) is 11.2. The van der Waals surface area contributed by atoms with Gasteiger partial charge < -0.3 is 15.0 Å². The Balaban J connectivity index is 2.14. The van der Waals surface area contributed by atoms with Crippen molar-refractivity contribution in [3.05, 3.63) is 63.6 Å². The zero-order valence-corrected chi connectivity index (χ0v) is 20.0. The average Bonchev–Trinajstić information content (AvgIpc) is 2.68. The average molecular weight is 475 g/mol. The second-order valence-electron chi connectivity index (χ2n) is 8.08. The summed E-state index contributed by atoms with van der Waals surface area (Å²) in [5.41, 5.74) is 3.10. The smallest absolute Gasteiger partial charge is 0.261 e. The maximum absolute atomic E-state index is 13.1. The van der Waals surface area contributed by atoms with Crippen LogP contribution in [0.4, 0.5) is 0 Å². The molecule has 1 N–H and O–H groups in total. The molecule has 0 aromatic heterocycles. The highest BCUT2D eigenvalue weighted by molar-refractivity contribution is 9.10. The lowest BCUT2D eigenvalue weighted by atomic mass is 10.1. The van der Waals surface area contributed by atoms with Crippen LogP contribution < -0.4 is 10.1 Å². The predicted octanol–water partition coefficient (Wildman–Crippen LogP) is 4.63. The van der Waals surface area contributed by atoms with Gasteiger partial charge in [0, 0.05) is 17.6 Å². The predicted molar refractivity (Wildman–Crippen MR) is 123 cm³/mol. The summed E-state index contributed by atoms with van der Waals surface area (Å²) in [5, 5.41) is 2.92. The molecule has 0 saturated carbocycles. The number of hydrogen-bond donors (Lipinski definition) is 1. The van der Waals surface area contributed by atoms with E-state index < -0.39 is 6.04 Å². The molecule has 0 aliphatic rings. The van der Waals surface area contributed by atoms with E-state index in [1.807, 2.05) is 64.1 Å². The first-order chi connectivity index (χ1) is 14.2. The Labute approximate surface area is 187 Å². The van der Waals surface area contributed by atoms with E-state index in [-0.39, 0.29) is 18.4 Å². The van der Waals surface area contributed by atoms with Crippen molar-refractivity contribution in [3.8, 4) is 5.75 Å². The zero-order chi connectivity index (χ0) is 22.3. The third-order valence-electron chi connectivity index (χ3n) is 4.68. The Bertz CT molecular complexity index is 845. The van der Waals surface area contributed by atoms with Crippen LogP contribution in [0.2, 0.25) is 0 Å². The lowest BCUT2D eigenvalue weighted by Crippen LogP contribution is -2.49. The molecule has 162 valence electrons. The zero-order valence-electron chi connectivity index (χ0n) is 18.4. The molecule has 0 fully saturated rings. The summed E-state index contributed by atoms with van der Waals surface area (Å²) >= 11 is 3.42. The third-order valence-corrected chi connectivity index (χ3v) is 5.20. The fraction of sp³-hybridized carbons (Fsp3) is 0.417. The minimum atomic E-state index is -0.609. The van der Waals surface area contributed by atoms with Crippen LogP contribution >= 0.6 is 15.9 Å². The molecule has 2 aromatic carbocycles. The molecule has 0 unspecified atom stereocenters. The molecule has 0 aliphatic carbocycles. The van der Waals surface area contributed by atoms with Gasteiger partial charge in [-0.3, -0.25) is 9.59 Å². The standard InChI is InChI=1S/C24H31BrN2O3/c1-16(2)13-26-24(29)19(5)27(14-20-6-8-21(25)9-7-20)23(28)15-30-22-11-17(3)10-18(4)12-22/h6-12,16,19H,13-15H2,1-5H3,(H,26,29)/t19-/m0/s1. The van der Waals surface area contributed by atoms with Crippen molar-refractivity contribution in [1.29, 1.82) is 0 Å². The summed E-state index contributed by atoms with van der Waals surface area (Å²) < 4.78 is 6.73. The molecule has 0 bridgehead atoms. The number of carbonyl (C=O) groups is 2. The Morgan fingerprint density at radius 1 is 1.03 bits per heavy atom. The molecule has 6 heteroatoms. The van der Waals surface area contributed by atoms with Crippen LogP contribution in [-0.2, 0) is 16.1 Å². The number of ether oxygens (including phenoxy) is 1. The number of carbonyl (C=O) groups excluding carboxylic acids is 2. The molecule has 5 nitrogen and oxygen atoms in total. The van der Waals surface area contributed by atoms with Crippen molar-refractivity contribution in [2.24, 2.45) is 5.92 Å². The normalized spacial score (nSPS) is 11.8. The summed E-state index contributed by atoms with van der Waals surface area (Å²) in [6, 6.07) is 13.0. The van der Waals surface area contributed by atoms with Crippen LogP contribution in [0.5, 0.6) is 5.75 Å². The number of amides is 2. The van der Waals surface area contributed by atoms with Gasteiger partial charge in [-0.15, -0.1) is 0 Å². The Hall–Kier alpha value is -2.34. The first-order valence-electron chi connectivity index (χ1n) is 10.2. The van der Waals surface area contributed by atoms with Crippen molar-refractivity contribution in [3.63, 3.8) is 0 Å². The molecular formula is C24H31BrN2O3. The summed E-state index contributed by atoms with van der Waals surface area (Å²) in [4.78, 5) is 27.3. The second-order valence-corrected chi connectivity index (χ2v) is 8.99. The highest BCUT2D eigenvalue weighted by atomic mass is 79.9. The minimum absolute atomic E-state index is 0.124. The molecule has 0 radical (unpaired) electrons. The number of aryl methyl sites for hydroxylation is 2. The molecular weight excluding hydrogens is 444 g/mol. The molecule has 2 rings (SSSR count). The number of hydrogen-bond acceptors (Lipinski definition) is 3. The van der Waals surface area contributed by atoms with E-state index in [4.69, 9.17) is 4.74 Å². The van der Waals surface area contributed by atoms with Crippen LogP contribution in [0.3, 0.4) is 0 Å². The van der Waals surface area contributed by atoms with Crippen LogP contribution in [-0.4, -0.2) is 35.9 Å². The van der Waals surface area contributed by atoms with Crippen LogP contribution in [0.1, 0.15) is 37.5 Å². The first-order valence-corrected chi connectivity index (χ1v) is 11.0. The van der Waals surface area contributed by atoms with Gasteiger partial charge in [0.1, 0.15) is 11.8 Å². The van der Waals surface area contributed by atoms with Gasteiger partial charge >= 0.3 is 0 Å². The van der Waals surface area contributed by atoms with Crippen molar-refractivity contribution >= 4 is 27.7 Å². The van der Waals surface area contributed by atoms with Crippen molar-refractivity contribution < 1.29 is 14.3 Å². The lowest BCUT2D eigenvalue weighted by Gasteiger charge is -2.29. The van der Waals surface area contributed by atoms with E-state index in [0.717, 1.165) is 21.2 Å². The Morgan fingerprint density at radius 3 is 2.20 bits per heavy atom.